The largest absolute Gasteiger partial charge is 0.456 e. The number of aromatic amines is 1. The highest BCUT2D eigenvalue weighted by Crippen LogP contribution is 2.30. The fraction of sp³-hybridized carbons (Fsp3) is 0. The van der Waals surface area contributed by atoms with E-state index in [0.29, 0.717) is 39.3 Å². The minimum Gasteiger partial charge on any atom is -0.456 e. The molecular formula is C19H13ClN4O2. The molecule has 0 saturated carbocycles. The first-order valence-electron chi connectivity index (χ1n) is 7.77. The molecule has 0 aliphatic carbocycles. The van der Waals surface area contributed by atoms with Gasteiger partial charge in [0.2, 0.25) is 0 Å². The molecule has 0 saturated heterocycles. The molecule has 128 valence electrons. The average Bonchev–Trinajstić information content (AvgIpc) is 3.08. The van der Waals surface area contributed by atoms with Crippen molar-refractivity contribution >= 4 is 34.1 Å². The van der Waals surface area contributed by atoms with Gasteiger partial charge >= 0.3 is 0 Å². The monoisotopic (exact) mass is 364 g/mol. The first-order chi connectivity index (χ1) is 12.6. The molecular weight excluding hydrogens is 352 g/mol. The molecule has 0 aliphatic rings. The van der Waals surface area contributed by atoms with Crippen molar-refractivity contribution in [2.24, 2.45) is 0 Å². The van der Waals surface area contributed by atoms with E-state index in [2.05, 4.69) is 15.0 Å². The van der Waals surface area contributed by atoms with E-state index in [-0.39, 0.29) is 10.8 Å². The van der Waals surface area contributed by atoms with E-state index in [9.17, 15) is 4.79 Å². The summed E-state index contributed by atoms with van der Waals surface area (Å²) < 4.78 is 5.68. The zero-order chi connectivity index (χ0) is 18.1. The molecule has 0 unspecified atom stereocenters. The second-order valence-electron chi connectivity index (χ2n) is 5.59. The van der Waals surface area contributed by atoms with Gasteiger partial charge in [-0.25, -0.2) is 4.98 Å². The predicted octanol–water partition coefficient (Wildman–Crippen LogP) is 4.22. The van der Waals surface area contributed by atoms with Gasteiger partial charge in [0.05, 0.1) is 22.2 Å². The van der Waals surface area contributed by atoms with Crippen molar-refractivity contribution in [3.63, 3.8) is 0 Å². The molecule has 7 heteroatoms. The Morgan fingerprint density at radius 2 is 2.00 bits per heavy atom. The molecule has 0 fully saturated rings. The lowest BCUT2D eigenvalue weighted by atomic mass is 10.0. The smallest absolute Gasteiger partial charge is 0.196 e. The van der Waals surface area contributed by atoms with Gasteiger partial charge in [-0.3, -0.25) is 9.78 Å². The number of hydrogen-bond acceptors (Lipinski definition) is 5. The van der Waals surface area contributed by atoms with Crippen molar-refractivity contribution in [3.05, 3.63) is 77.3 Å². The number of nitrogens with one attached hydrogen (secondary N) is 1. The van der Waals surface area contributed by atoms with Gasteiger partial charge < -0.3 is 15.5 Å². The minimum absolute atomic E-state index is 0.242. The summed E-state index contributed by atoms with van der Waals surface area (Å²) in [4.78, 5) is 24.0. The van der Waals surface area contributed by atoms with Crippen molar-refractivity contribution in [1.82, 2.24) is 15.0 Å². The van der Waals surface area contributed by atoms with E-state index in [1.165, 1.54) is 0 Å². The molecule has 26 heavy (non-hydrogen) atoms. The lowest BCUT2D eigenvalue weighted by molar-refractivity contribution is 0.104. The van der Waals surface area contributed by atoms with Crippen LogP contribution in [0.2, 0.25) is 5.02 Å². The molecule has 3 aromatic heterocycles. The molecule has 1 aromatic carbocycles. The van der Waals surface area contributed by atoms with Crippen LogP contribution in [0.4, 0.5) is 5.69 Å². The molecule has 0 amide bonds. The van der Waals surface area contributed by atoms with Crippen molar-refractivity contribution in [2.75, 3.05) is 5.73 Å². The molecule has 0 bridgehead atoms. The zero-order valence-electron chi connectivity index (χ0n) is 13.4. The summed E-state index contributed by atoms with van der Waals surface area (Å²) in [6, 6.07) is 10.1. The second kappa shape index (κ2) is 6.50. The van der Waals surface area contributed by atoms with Crippen molar-refractivity contribution in [2.45, 2.75) is 0 Å². The Bertz CT molecular complexity index is 1110. The topological polar surface area (TPSA) is 93.9 Å². The highest BCUT2D eigenvalue weighted by Gasteiger charge is 2.19. The second-order valence-corrected chi connectivity index (χ2v) is 5.99. The number of fused-ring (bicyclic) bond motifs is 1. The van der Waals surface area contributed by atoms with Crippen LogP contribution in [0.1, 0.15) is 15.9 Å². The van der Waals surface area contributed by atoms with E-state index in [4.69, 9.17) is 22.1 Å². The van der Waals surface area contributed by atoms with Gasteiger partial charge in [0.15, 0.2) is 5.78 Å². The average molecular weight is 365 g/mol. The normalized spacial score (nSPS) is 10.8. The SMILES string of the molecule is Nc1ccnc2[nH]cc(C(=O)c3ccc(Oc4cccnc4)cc3Cl)c12. The van der Waals surface area contributed by atoms with Crippen molar-refractivity contribution < 1.29 is 9.53 Å². The number of halogens is 1. The number of hydrogen-bond donors (Lipinski definition) is 2. The van der Waals surface area contributed by atoms with E-state index in [1.807, 2.05) is 0 Å². The number of nitrogen functional groups attached to an aromatic ring is 1. The molecule has 3 heterocycles. The van der Waals surface area contributed by atoms with Gasteiger partial charge in [-0.15, -0.1) is 0 Å². The summed E-state index contributed by atoms with van der Waals surface area (Å²) >= 11 is 6.32. The first kappa shape index (κ1) is 16.1. The summed E-state index contributed by atoms with van der Waals surface area (Å²) in [5.41, 5.74) is 7.81. The summed E-state index contributed by atoms with van der Waals surface area (Å²) in [5, 5.41) is 0.873. The number of nitrogens with two attached hydrogens (primary N) is 1. The number of ether oxygens (including phenoxy) is 1. The lowest BCUT2D eigenvalue weighted by Crippen LogP contribution is -2.03. The van der Waals surface area contributed by atoms with Crippen LogP contribution in [-0.4, -0.2) is 20.7 Å². The number of ketones is 1. The fourth-order valence-electron chi connectivity index (χ4n) is 2.69. The van der Waals surface area contributed by atoms with Crippen LogP contribution in [0.5, 0.6) is 11.5 Å². The number of carbonyl (C=O) groups excluding carboxylic acids is 1. The first-order valence-corrected chi connectivity index (χ1v) is 8.15. The molecule has 4 rings (SSSR count). The summed E-state index contributed by atoms with van der Waals surface area (Å²) in [6.45, 7) is 0. The number of anilines is 1. The highest BCUT2D eigenvalue weighted by atomic mass is 35.5. The van der Waals surface area contributed by atoms with Crippen LogP contribution in [0.25, 0.3) is 11.0 Å². The standard InChI is InChI=1S/C19H13ClN4O2/c20-15-8-11(26-12-2-1-6-22-9-12)3-4-13(15)18(25)14-10-24-19-17(14)16(21)5-7-23-19/h1-10H,(H3,21,23,24). The van der Waals surface area contributed by atoms with Crippen LogP contribution in [0.3, 0.4) is 0 Å². The Labute approximate surface area is 153 Å². The molecule has 3 N–H and O–H groups in total. The maximum absolute atomic E-state index is 12.9. The van der Waals surface area contributed by atoms with Crippen molar-refractivity contribution in [3.8, 4) is 11.5 Å². The molecule has 0 radical (unpaired) electrons. The Morgan fingerprint density at radius 3 is 2.77 bits per heavy atom. The molecule has 0 atom stereocenters. The zero-order valence-corrected chi connectivity index (χ0v) is 14.2. The number of carbonyl (C=O) groups is 1. The number of benzene rings is 1. The van der Waals surface area contributed by atoms with E-state index >= 15 is 0 Å². The summed E-state index contributed by atoms with van der Waals surface area (Å²) in [7, 11) is 0. The summed E-state index contributed by atoms with van der Waals surface area (Å²) in [5.74, 6) is 0.853. The van der Waals surface area contributed by atoms with Gasteiger partial charge in [0.1, 0.15) is 17.1 Å². The summed E-state index contributed by atoms with van der Waals surface area (Å²) in [6.07, 6.45) is 6.42. The molecule has 6 nitrogen and oxygen atoms in total. The Kier molecular flexibility index (Phi) is 4.02. The molecule has 0 aliphatic heterocycles. The van der Waals surface area contributed by atoms with E-state index in [1.54, 1.807) is 61.2 Å². The number of pyridine rings is 2. The van der Waals surface area contributed by atoms with Gasteiger partial charge in [-0.05, 0) is 30.3 Å². The Balaban J connectivity index is 1.68. The highest BCUT2D eigenvalue weighted by molar-refractivity contribution is 6.35. The third-order valence-corrected chi connectivity index (χ3v) is 4.22. The third kappa shape index (κ3) is 2.87. The van der Waals surface area contributed by atoms with Crippen LogP contribution in [0, 0.1) is 0 Å². The van der Waals surface area contributed by atoms with Crippen LogP contribution >= 0.6 is 11.6 Å². The maximum Gasteiger partial charge on any atom is 0.196 e. The quantitative estimate of drug-likeness (QED) is 0.529. The van der Waals surface area contributed by atoms with Crippen LogP contribution < -0.4 is 10.5 Å². The maximum atomic E-state index is 12.9. The van der Waals surface area contributed by atoms with Gasteiger partial charge in [-0.1, -0.05) is 11.6 Å². The van der Waals surface area contributed by atoms with Gasteiger partial charge in [0, 0.05) is 35.9 Å². The predicted molar refractivity (Wildman–Crippen MR) is 99.7 cm³/mol. The van der Waals surface area contributed by atoms with E-state index in [0.717, 1.165) is 0 Å². The van der Waals surface area contributed by atoms with Crippen molar-refractivity contribution in [1.29, 1.82) is 0 Å². The number of rotatable bonds is 4. The van der Waals surface area contributed by atoms with Gasteiger partial charge in [-0.2, -0.15) is 0 Å². The molecule has 0 spiro atoms. The number of H-pyrrole nitrogens is 1. The van der Waals surface area contributed by atoms with Gasteiger partial charge in [0.25, 0.3) is 0 Å². The number of aromatic nitrogens is 3. The van der Waals surface area contributed by atoms with Crippen LogP contribution in [0.15, 0.2) is 61.2 Å². The fourth-order valence-corrected chi connectivity index (χ4v) is 2.95. The minimum atomic E-state index is -0.242. The van der Waals surface area contributed by atoms with Crippen LogP contribution in [-0.2, 0) is 0 Å². The lowest BCUT2D eigenvalue weighted by Gasteiger charge is -2.08. The number of nitrogens with zero attached hydrogens (tertiary/aromatic N) is 2. The Morgan fingerprint density at radius 1 is 1.12 bits per heavy atom. The third-order valence-electron chi connectivity index (χ3n) is 3.91. The van der Waals surface area contributed by atoms with E-state index < -0.39 is 0 Å². The molecule has 4 aromatic rings. The Hall–Kier alpha value is -3.38.